The van der Waals surface area contributed by atoms with Gasteiger partial charge >= 0.3 is 0 Å². The van der Waals surface area contributed by atoms with Crippen LogP contribution in [0.2, 0.25) is 0 Å². The lowest BCUT2D eigenvalue weighted by atomic mass is 9.82. The Hall–Kier alpha value is -1.16. The maximum absolute atomic E-state index is 11.7. The van der Waals surface area contributed by atoms with Gasteiger partial charge in [0, 0.05) is 19.2 Å². The predicted octanol–water partition coefficient (Wildman–Crippen LogP) is 0.968. The van der Waals surface area contributed by atoms with Gasteiger partial charge in [-0.05, 0) is 32.5 Å². The molecule has 4 nitrogen and oxygen atoms in total. The van der Waals surface area contributed by atoms with Crippen LogP contribution in [0.5, 0.6) is 0 Å². The van der Waals surface area contributed by atoms with E-state index in [2.05, 4.69) is 4.90 Å². The molecule has 0 saturated heterocycles. The van der Waals surface area contributed by atoms with Gasteiger partial charge in [-0.2, -0.15) is 0 Å². The van der Waals surface area contributed by atoms with Crippen LogP contribution in [-0.2, 0) is 5.41 Å². The fraction of sp³-hybridized carbons (Fsp3) is 0.714. The van der Waals surface area contributed by atoms with Crippen LogP contribution in [0.15, 0.2) is 9.59 Å². The molecule has 0 unspecified atom stereocenters. The van der Waals surface area contributed by atoms with Crippen LogP contribution < -0.4 is 15.8 Å². The highest BCUT2D eigenvalue weighted by atomic mass is 16.2. The van der Waals surface area contributed by atoms with Crippen LogP contribution in [0.1, 0.15) is 32.8 Å². The van der Waals surface area contributed by atoms with Crippen LogP contribution in [-0.4, -0.2) is 39.1 Å². The molecule has 0 atom stereocenters. The SMILES string of the molecule is CN(C)CCCN(C)c1c(C(C)(C)C)c(=O)c1=O. The lowest BCUT2D eigenvalue weighted by molar-refractivity contribution is 0.401. The lowest BCUT2D eigenvalue weighted by Gasteiger charge is -2.29. The zero-order valence-corrected chi connectivity index (χ0v) is 12.3. The summed E-state index contributed by atoms with van der Waals surface area (Å²) in [7, 11) is 5.94. The Morgan fingerprint density at radius 3 is 1.94 bits per heavy atom. The summed E-state index contributed by atoms with van der Waals surface area (Å²) in [5.74, 6) is 0. The first-order valence-corrected chi connectivity index (χ1v) is 6.36. The van der Waals surface area contributed by atoms with Gasteiger partial charge in [0.15, 0.2) is 0 Å². The van der Waals surface area contributed by atoms with Crippen molar-refractivity contribution < 1.29 is 0 Å². The van der Waals surface area contributed by atoms with E-state index in [9.17, 15) is 9.59 Å². The zero-order valence-electron chi connectivity index (χ0n) is 12.3. The van der Waals surface area contributed by atoms with Gasteiger partial charge in [-0.25, -0.2) is 0 Å². The third-order valence-electron chi connectivity index (χ3n) is 3.12. The molecular formula is C14H24N2O2. The van der Waals surface area contributed by atoms with Gasteiger partial charge in [-0.3, -0.25) is 9.59 Å². The molecule has 0 aliphatic rings. The van der Waals surface area contributed by atoms with Crippen molar-refractivity contribution in [3.05, 3.63) is 26.0 Å². The summed E-state index contributed by atoms with van der Waals surface area (Å²) in [6, 6.07) is 0. The van der Waals surface area contributed by atoms with Crippen molar-refractivity contribution in [2.45, 2.75) is 32.6 Å². The Kier molecular flexibility index (Phi) is 4.32. The smallest absolute Gasteiger partial charge is 0.249 e. The van der Waals surface area contributed by atoms with E-state index in [0.29, 0.717) is 11.3 Å². The average molecular weight is 252 g/mol. The molecule has 0 heterocycles. The highest BCUT2D eigenvalue weighted by Crippen LogP contribution is 2.27. The predicted molar refractivity (Wildman–Crippen MR) is 76.5 cm³/mol. The molecule has 1 rings (SSSR count). The normalized spacial score (nSPS) is 12.4. The third-order valence-corrected chi connectivity index (χ3v) is 3.12. The van der Waals surface area contributed by atoms with Crippen molar-refractivity contribution in [3.63, 3.8) is 0 Å². The number of rotatable bonds is 5. The molecule has 1 aromatic carbocycles. The van der Waals surface area contributed by atoms with E-state index in [0.717, 1.165) is 19.5 Å². The molecule has 0 bridgehead atoms. The number of anilines is 1. The molecule has 1 aromatic rings. The summed E-state index contributed by atoms with van der Waals surface area (Å²) in [6.45, 7) is 7.69. The topological polar surface area (TPSA) is 40.6 Å². The van der Waals surface area contributed by atoms with Crippen molar-refractivity contribution in [2.75, 3.05) is 39.1 Å². The molecule has 0 N–H and O–H groups in total. The first kappa shape index (κ1) is 14.9. The van der Waals surface area contributed by atoms with Gasteiger partial charge in [-0.15, -0.1) is 0 Å². The Morgan fingerprint density at radius 1 is 0.944 bits per heavy atom. The monoisotopic (exact) mass is 252 g/mol. The van der Waals surface area contributed by atoms with Crippen molar-refractivity contribution in [1.82, 2.24) is 4.90 Å². The third kappa shape index (κ3) is 2.99. The Morgan fingerprint density at radius 2 is 1.50 bits per heavy atom. The number of hydrogen-bond donors (Lipinski definition) is 0. The van der Waals surface area contributed by atoms with Crippen molar-refractivity contribution in [2.24, 2.45) is 0 Å². The number of nitrogens with zero attached hydrogens (tertiary/aromatic N) is 2. The van der Waals surface area contributed by atoms with E-state index < -0.39 is 0 Å². The van der Waals surface area contributed by atoms with Gasteiger partial charge < -0.3 is 9.80 Å². The quantitative estimate of drug-likeness (QED) is 0.732. The van der Waals surface area contributed by atoms with E-state index >= 15 is 0 Å². The molecule has 18 heavy (non-hydrogen) atoms. The van der Waals surface area contributed by atoms with Gasteiger partial charge in [0.2, 0.25) is 10.9 Å². The molecule has 0 saturated carbocycles. The lowest BCUT2D eigenvalue weighted by Crippen LogP contribution is -2.46. The summed E-state index contributed by atoms with van der Waals surface area (Å²) in [4.78, 5) is 27.4. The van der Waals surface area contributed by atoms with Crippen LogP contribution in [0.4, 0.5) is 5.69 Å². The maximum atomic E-state index is 11.7. The molecule has 0 amide bonds. The van der Waals surface area contributed by atoms with E-state index in [1.54, 1.807) is 0 Å². The van der Waals surface area contributed by atoms with Crippen LogP contribution in [0, 0.1) is 0 Å². The fourth-order valence-corrected chi connectivity index (χ4v) is 2.18. The van der Waals surface area contributed by atoms with E-state index in [-0.39, 0.29) is 16.3 Å². The Balaban J connectivity index is 2.82. The van der Waals surface area contributed by atoms with Crippen LogP contribution >= 0.6 is 0 Å². The van der Waals surface area contributed by atoms with Crippen LogP contribution in [0.3, 0.4) is 0 Å². The Labute approximate surface area is 109 Å². The number of hydrogen-bond acceptors (Lipinski definition) is 4. The van der Waals surface area contributed by atoms with Crippen molar-refractivity contribution in [3.8, 4) is 0 Å². The van der Waals surface area contributed by atoms with Gasteiger partial charge in [0.1, 0.15) is 0 Å². The zero-order chi connectivity index (χ0) is 14.1. The van der Waals surface area contributed by atoms with Gasteiger partial charge in [-0.1, -0.05) is 20.8 Å². The second-order valence-electron chi connectivity index (χ2n) is 6.21. The minimum atomic E-state index is -0.327. The molecule has 0 aliphatic heterocycles. The largest absolute Gasteiger partial charge is 0.371 e. The van der Waals surface area contributed by atoms with Gasteiger partial charge in [0.05, 0.1) is 5.69 Å². The molecule has 0 fully saturated rings. The second kappa shape index (κ2) is 5.22. The van der Waals surface area contributed by atoms with Gasteiger partial charge in [0.25, 0.3) is 0 Å². The van der Waals surface area contributed by atoms with E-state index in [1.807, 2.05) is 46.8 Å². The van der Waals surface area contributed by atoms with Crippen molar-refractivity contribution in [1.29, 1.82) is 0 Å². The first-order chi connectivity index (χ1) is 8.16. The molecule has 0 radical (unpaired) electrons. The molecule has 0 spiro atoms. The standard InChI is InChI=1S/C14H24N2O2/c1-14(2,3)10-11(13(18)12(10)17)16(6)9-7-8-15(4)5/h7-9H2,1-6H3. The van der Waals surface area contributed by atoms with E-state index in [4.69, 9.17) is 0 Å². The second-order valence-corrected chi connectivity index (χ2v) is 6.21. The van der Waals surface area contributed by atoms with E-state index in [1.165, 1.54) is 0 Å². The Bertz CT molecular complexity index is 477. The molecule has 0 aromatic heterocycles. The minimum Gasteiger partial charge on any atom is -0.371 e. The maximum Gasteiger partial charge on any atom is 0.249 e. The summed E-state index contributed by atoms with van der Waals surface area (Å²) in [6.07, 6.45) is 0.978. The summed E-state index contributed by atoms with van der Waals surface area (Å²) < 4.78 is 0. The summed E-state index contributed by atoms with van der Waals surface area (Å²) in [5, 5.41) is 0. The highest BCUT2D eigenvalue weighted by molar-refractivity contribution is 5.60. The molecule has 0 aliphatic carbocycles. The fourth-order valence-electron chi connectivity index (χ4n) is 2.18. The van der Waals surface area contributed by atoms with Crippen molar-refractivity contribution >= 4 is 5.69 Å². The minimum absolute atomic E-state index is 0.254. The summed E-state index contributed by atoms with van der Waals surface area (Å²) >= 11 is 0. The molecular weight excluding hydrogens is 228 g/mol. The molecule has 102 valence electrons. The van der Waals surface area contributed by atoms with Crippen LogP contribution in [0.25, 0.3) is 0 Å². The highest BCUT2D eigenvalue weighted by Gasteiger charge is 2.31. The molecule has 4 heteroatoms. The first-order valence-electron chi connectivity index (χ1n) is 6.36. The summed E-state index contributed by atoms with van der Waals surface area (Å²) in [5.41, 5.74) is 0.409. The average Bonchev–Trinajstić information content (AvgIpc) is 2.21.